The van der Waals surface area contributed by atoms with Crippen LogP contribution < -0.4 is 10.1 Å². The fourth-order valence-corrected chi connectivity index (χ4v) is 1.73. The van der Waals surface area contributed by atoms with Gasteiger partial charge in [-0.1, -0.05) is 13.8 Å². The number of hydrogen-bond acceptors (Lipinski definition) is 4. The lowest BCUT2D eigenvalue weighted by Gasteiger charge is -2.09. The van der Waals surface area contributed by atoms with Crippen LogP contribution in [0.2, 0.25) is 0 Å². The molecule has 0 unspecified atom stereocenters. The van der Waals surface area contributed by atoms with Crippen LogP contribution in [0.1, 0.15) is 39.3 Å². The van der Waals surface area contributed by atoms with Crippen molar-refractivity contribution in [1.29, 1.82) is 0 Å². The van der Waals surface area contributed by atoms with E-state index in [4.69, 9.17) is 4.74 Å². The van der Waals surface area contributed by atoms with Gasteiger partial charge in [-0.05, 0) is 25.5 Å². The van der Waals surface area contributed by atoms with Gasteiger partial charge in [-0.2, -0.15) is 5.10 Å². The molecule has 0 amide bonds. The second-order valence-electron chi connectivity index (χ2n) is 5.42. The van der Waals surface area contributed by atoms with Crippen LogP contribution in [0.4, 0.5) is 0 Å². The minimum Gasteiger partial charge on any atom is -0.452 e. The molecular formula is C15H22N4O. The summed E-state index contributed by atoms with van der Waals surface area (Å²) in [6.45, 7) is 9.18. The van der Waals surface area contributed by atoms with E-state index in [2.05, 4.69) is 43.1 Å². The first-order valence-electron chi connectivity index (χ1n) is 6.94. The zero-order valence-corrected chi connectivity index (χ0v) is 12.5. The Morgan fingerprint density at radius 3 is 2.60 bits per heavy atom. The van der Waals surface area contributed by atoms with Gasteiger partial charge in [0.2, 0.25) is 0 Å². The van der Waals surface area contributed by atoms with Crippen molar-refractivity contribution in [3.05, 3.63) is 36.4 Å². The molecule has 0 aromatic carbocycles. The summed E-state index contributed by atoms with van der Waals surface area (Å²) in [5, 5.41) is 7.61. The molecule has 5 nitrogen and oxygen atoms in total. The topological polar surface area (TPSA) is 52.0 Å². The number of pyridine rings is 1. The highest BCUT2D eigenvalue weighted by atomic mass is 16.5. The van der Waals surface area contributed by atoms with Gasteiger partial charge in [0.1, 0.15) is 5.75 Å². The monoisotopic (exact) mass is 274 g/mol. The molecule has 5 heteroatoms. The van der Waals surface area contributed by atoms with Crippen molar-refractivity contribution >= 4 is 0 Å². The van der Waals surface area contributed by atoms with Crippen LogP contribution in [0.15, 0.2) is 30.9 Å². The van der Waals surface area contributed by atoms with Gasteiger partial charge in [-0.15, -0.1) is 0 Å². The van der Waals surface area contributed by atoms with Crippen LogP contribution in [0.5, 0.6) is 11.5 Å². The van der Waals surface area contributed by atoms with Gasteiger partial charge in [-0.25, -0.2) is 0 Å². The molecule has 0 radical (unpaired) electrons. The van der Waals surface area contributed by atoms with Crippen LogP contribution in [0.25, 0.3) is 0 Å². The Labute approximate surface area is 120 Å². The third kappa shape index (κ3) is 4.06. The molecule has 2 rings (SSSR count). The number of nitrogens with zero attached hydrogens (tertiary/aromatic N) is 3. The highest BCUT2D eigenvalue weighted by Crippen LogP contribution is 2.21. The Hall–Kier alpha value is -1.88. The van der Waals surface area contributed by atoms with Crippen LogP contribution in [-0.4, -0.2) is 20.8 Å². The second-order valence-corrected chi connectivity index (χ2v) is 5.42. The van der Waals surface area contributed by atoms with Crippen molar-refractivity contribution in [3.63, 3.8) is 0 Å². The molecule has 2 heterocycles. The van der Waals surface area contributed by atoms with Gasteiger partial charge >= 0.3 is 0 Å². The van der Waals surface area contributed by atoms with Gasteiger partial charge in [-0.3, -0.25) is 9.67 Å². The first kappa shape index (κ1) is 14.5. The van der Waals surface area contributed by atoms with Crippen molar-refractivity contribution in [2.75, 3.05) is 0 Å². The van der Waals surface area contributed by atoms with E-state index in [1.807, 2.05) is 23.1 Å². The Kier molecular flexibility index (Phi) is 4.74. The highest BCUT2D eigenvalue weighted by molar-refractivity contribution is 5.28. The lowest BCUT2D eigenvalue weighted by atomic mass is 10.2. The van der Waals surface area contributed by atoms with Crippen molar-refractivity contribution in [2.45, 2.75) is 46.3 Å². The molecule has 0 fully saturated rings. The maximum Gasteiger partial charge on any atom is 0.165 e. The van der Waals surface area contributed by atoms with Crippen LogP contribution in [-0.2, 0) is 6.54 Å². The molecule has 2 aromatic heterocycles. The fourth-order valence-electron chi connectivity index (χ4n) is 1.73. The van der Waals surface area contributed by atoms with Crippen molar-refractivity contribution < 1.29 is 4.74 Å². The van der Waals surface area contributed by atoms with Crippen molar-refractivity contribution in [1.82, 2.24) is 20.1 Å². The highest BCUT2D eigenvalue weighted by Gasteiger charge is 2.05. The van der Waals surface area contributed by atoms with E-state index in [-0.39, 0.29) is 0 Å². The molecule has 0 atom stereocenters. The number of aromatic nitrogens is 3. The second kappa shape index (κ2) is 6.52. The first-order chi connectivity index (χ1) is 9.54. The molecule has 0 bridgehead atoms. The van der Waals surface area contributed by atoms with E-state index in [1.54, 1.807) is 12.4 Å². The molecule has 0 saturated carbocycles. The summed E-state index contributed by atoms with van der Waals surface area (Å²) in [6.07, 6.45) is 7.17. The summed E-state index contributed by atoms with van der Waals surface area (Å²) in [5.74, 6) is 1.46. The summed E-state index contributed by atoms with van der Waals surface area (Å²) in [7, 11) is 0. The van der Waals surface area contributed by atoms with Crippen LogP contribution >= 0.6 is 0 Å². The number of ether oxygens (including phenoxy) is 1. The van der Waals surface area contributed by atoms with Crippen LogP contribution in [0, 0.1) is 0 Å². The van der Waals surface area contributed by atoms with E-state index in [0.717, 1.165) is 23.6 Å². The molecule has 0 aliphatic carbocycles. The quantitative estimate of drug-likeness (QED) is 0.879. The smallest absolute Gasteiger partial charge is 0.165 e. The maximum atomic E-state index is 5.78. The lowest BCUT2D eigenvalue weighted by molar-refractivity contribution is 0.473. The largest absolute Gasteiger partial charge is 0.452 e. The maximum absolute atomic E-state index is 5.78. The van der Waals surface area contributed by atoms with Crippen LogP contribution in [0.3, 0.4) is 0 Å². The van der Waals surface area contributed by atoms with Crippen molar-refractivity contribution in [2.24, 2.45) is 0 Å². The molecule has 1 N–H and O–H groups in total. The molecule has 0 saturated heterocycles. The molecular weight excluding hydrogens is 252 g/mol. The van der Waals surface area contributed by atoms with E-state index in [9.17, 15) is 0 Å². The Morgan fingerprint density at radius 1 is 1.15 bits per heavy atom. The minimum atomic E-state index is 0.326. The normalized spacial score (nSPS) is 11.3. The summed E-state index contributed by atoms with van der Waals surface area (Å²) >= 11 is 0. The molecule has 0 aliphatic heterocycles. The van der Waals surface area contributed by atoms with Crippen molar-refractivity contribution in [3.8, 4) is 11.5 Å². The zero-order valence-electron chi connectivity index (χ0n) is 12.5. The third-order valence-corrected chi connectivity index (χ3v) is 2.83. The van der Waals surface area contributed by atoms with E-state index in [0.29, 0.717) is 12.1 Å². The molecule has 20 heavy (non-hydrogen) atoms. The third-order valence-electron chi connectivity index (χ3n) is 2.83. The Balaban J connectivity index is 2.03. The zero-order chi connectivity index (χ0) is 14.5. The number of rotatable bonds is 6. The predicted octanol–water partition coefficient (Wildman–Crippen LogP) is 3.15. The summed E-state index contributed by atoms with van der Waals surface area (Å²) < 4.78 is 7.65. The molecule has 0 aliphatic rings. The average Bonchev–Trinajstić information content (AvgIpc) is 2.85. The van der Waals surface area contributed by atoms with E-state index < -0.39 is 0 Å². The van der Waals surface area contributed by atoms with Gasteiger partial charge in [0.05, 0.1) is 18.6 Å². The van der Waals surface area contributed by atoms with Gasteiger partial charge < -0.3 is 10.1 Å². The summed E-state index contributed by atoms with van der Waals surface area (Å²) in [5.41, 5.74) is 1.10. The standard InChI is InChI=1S/C15H22N4O/c1-11(2)17-7-13-5-14(8-16-6-13)20-15-9-18-19(10-15)12(3)4/h5-6,8-12,17H,7H2,1-4H3. The van der Waals surface area contributed by atoms with Gasteiger partial charge in [0.25, 0.3) is 0 Å². The van der Waals surface area contributed by atoms with E-state index in [1.165, 1.54) is 0 Å². The first-order valence-corrected chi connectivity index (χ1v) is 6.94. The SMILES string of the molecule is CC(C)NCc1cncc(Oc2cnn(C(C)C)c2)c1. The van der Waals surface area contributed by atoms with E-state index >= 15 is 0 Å². The molecule has 108 valence electrons. The van der Waals surface area contributed by atoms with Gasteiger partial charge in [0, 0.05) is 24.8 Å². The predicted molar refractivity (Wildman–Crippen MR) is 78.9 cm³/mol. The summed E-state index contributed by atoms with van der Waals surface area (Å²) in [4.78, 5) is 4.21. The van der Waals surface area contributed by atoms with Gasteiger partial charge in [0.15, 0.2) is 5.75 Å². The Bertz CT molecular complexity index is 548. The average molecular weight is 274 g/mol. The lowest BCUT2D eigenvalue weighted by Crippen LogP contribution is -2.21. The number of nitrogens with one attached hydrogen (secondary N) is 1. The number of hydrogen-bond donors (Lipinski definition) is 1. The molecule has 0 spiro atoms. The summed E-state index contributed by atoms with van der Waals surface area (Å²) in [6, 6.07) is 2.77. The fraction of sp³-hybridized carbons (Fsp3) is 0.467. The molecule has 2 aromatic rings. The minimum absolute atomic E-state index is 0.326. The Morgan fingerprint density at radius 2 is 1.95 bits per heavy atom.